The number of aliphatic hydroxyl groups excluding tert-OH is 1. The van der Waals surface area contributed by atoms with Gasteiger partial charge in [-0.2, -0.15) is 0 Å². The number of aryl methyl sites for hydroxylation is 1. The molecule has 0 bridgehead atoms. The van der Waals surface area contributed by atoms with Gasteiger partial charge in [0.1, 0.15) is 0 Å². The van der Waals surface area contributed by atoms with E-state index in [1.165, 1.54) is 0 Å². The Kier molecular flexibility index (Phi) is 5.57. The molecule has 1 rings (SSSR count). The first-order valence-corrected chi connectivity index (χ1v) is 3.14. The summed E-state index contributed by atoms with van der Waals surface area (Å²) in [6.07, 6.45) is 5.06. The van der Waals surface area contributed by atoms with Gasteiger partial charge in [-0.1, -0.05) is 0 Å². The van der Waals surface area contributed by atoms with E-state index in [4.69, 9.17) is 5.11 Å². The fraction of sp³-hybridized carbons (Fsp3) is 0.429. The predicted molar refractivity (Wildman–Crippen MR) is 39.5 cm³/mol. The van der Waals surface area contributed by atoms with Crippen molar-refractivity contribution in [1.29, 1.82) is 0 Å². The summed E-state index contributed by atoms with van der Waals surface area (Å²) in [4.78, 5) is 7.74. The van der Waals surface area contributed by atoms with E-state index < -0.39 is 0 Å². The zero-order valence-electron chi connectivity index (χ0n) is 6.28. The summed E-state index contributed by atoms with van der Waals surface area (Å²) in [7, 11) is 0. The minimum Gasteiger partial charge on any atom is -0.397 e. The Morgan fingerprint density at radius 3 is 2.30 bits per heavy atom. The van der Waals surface area contributed by atoms with Crippen molar-refractivity contribution in [3.8, 4) is 0 Å². The van der Waals surface area contributed by atoms with Crippen LogP contribution in [-0.4, -0.2) is 21.7 Å². The van der Waals surface area contributed by atoms with Gasteiger partial charge < -0.3 is 5.11 Å². The molecule has 3 nitrogen and oxygen atoms in total. The first-order chi connectivity index (χ1) is 4.81. The molecule has 0 aromatic carbocycles. The zero-order valence-corrected chi connectivity index (χ0v) is 6.28. The van der Waals surface area contributed by atoms with Crippen molar-refractivity contribution in [2.24, 2.45) is 0 Å². The highest BCUT2D eigenvalue weighted by atomic mass is 16.2. The van der Waals surface area contributed by atoms with Crippen LogP contribution in [0.15, 0.2) is 18.6 Å². The van der Waals surface area contributed by atoms with Gasteiger partial charge in [-0.15, -0.1) is 0 Å². The lowest BCUT2D eigenvalue weighted by Gasteiger charge is -1.81. The standard InChI is InChI=1S/C5H6N2.C2H6O/c1-5-4-6-2-3-7-5;1-2-3/h2-4H,1H3;3H,2H2,1H3. The van der Waals surface area contributed by atoms with Crippen LogP contribution in [0.1, 0.15) is 12.6 Å². The van der Waals surface area contributed by atoms with Gasteiger partial charge in [-0.25, -0.2) is 0 Å². The maximum Gasteiger partial charge on any atom is 0.0555 e. The maximum absolute atomic E-state index is 7.57. The number of hydrogen-bond acceptors (Lipinski definition) is 3. The van der Waals surface area contributed by atoms with Crippen LogP contribution in [0, 0.1) is 6.92 Å². The zero-order chi connectivity index (χ0) is 7.82. The van der Waals surface area contributed by atoms with Crippen LogP contribution in [0.25, 0.3) is 0 Å². The number of aromatic nitrogens is 2. The minimum absolute atomic E-state index is 0.250. The largest absolute Gasteiger partial charge is 0.397 e. The smallest absolute Gasteiger partial charge is 0.0555 e. The SMILES string of the molecule is CCO.Cc1cnccn1. The molecule has 1 N–H and O–H groups in total. The lowest BCUT2D eigenvalue weighted by Crippen LogP contribution is -1.77. The topological polar surface area (TPSA) is 46.0 Å². The van der Waals surface area contributed by atoms with Crippen molar-refractivity contribution < 1.29 is 5.11 Å². The molecule has 0 fully saturated rings. The third kappa shape index (κ3) is 5.18. The van der Waals surface area contributed by atoms with E-state index in [0.717, 1.165) is 5.69 Å². The average molecular weight is 140 g/mol. The van der Waals surface area contributed by atoms with Crippen molar-refractivity contribution in [2.45, 2.75) is 13.8 Å². The van der Waals surface area contributed by atoms with E-state index in [0.29, 0.717) is 0 Å². The van der Waals surface area contributed by atoms with Crippen molar-refractivity contribution in [3.63, 3.8) is 0 Å². The highest BCUT2D eigenvalue weighted by Gasteiger charge is 1.74. The van der Waals surface area contributed by atoms with Gasteiger partial charge in [0.05, 0.1) is 5.69 Å². The number of nitrogens with zero attached hydrogens (tertiary/aromatic N) is 2. The Hall–Kier alpha value is -0.960. The van der Waals surface area contributed by atoms with Crippen LogP contribution in [0.4, 0.5) is 0 Å². The Bertz CT molecular complexity index is 153. The highest BCUT2D eigenvalue weighted by molar-refractivity contribution is 4.88. The highest BCUT2D eigenvalue weighted by Crippen LogP contribution is 1.81. The summed E-state index contributed by atoms with van der Waals surface area (Å²) in [5.74, 6) is 0. The normalized spacial score (nSPS) is 7.90. The molecular weight excluding hydrogens is 128 g/mol. The summed E-state index contributed by atoms with van der Waals surface area (Å²) in [5, 5.41) is 7.57. The first-order valence-electron chi connectivity index (χ1n) is 3.14. The summed E-state index contributed by atoms with van der Waals surface area (Å²) >= 11 is 0. The van der Waals surface area contributed by atoms with Gasteiger partial charge in [0, 0.05) is 25.2 Å². The van der Waals surface area contributed by atoms with E-state index in [1.54, 1.807) is 25.5 Å². The second kappa shape index (κ2) is 6.16. The van der Waals surface area contributed by atoms with E-state index >= 15 is 0 Å². The maximum atomic E-state index is 7.57. The van der Waals surface area contributed by atoms with Gasteiger partial charge >= 0.3 is 0 Å². The van der Waals surface area contributed by atoms with Crippen LogP contribution in [0.2, 0.25) is 0 Å². The molecule has 56 valence electrons. The molecule has 3 heteroatoms. The molecule has 0 unspecified atom stereocenters. The predicted octanol–water partition coefficient (Wildman–Crippen LogP) is 0.784. The van der Waals surface area contributed by atoms with Crippen LogP contribution >= 0.6 is 0 Å². The quantitative estimate of drug-likeness (QED) is 0.579. The molecule has 0 aliphatic heterocycles. The van der Waals surface area contributed by atoms with Crippen molar-refractivity contribution >= 4 is 0 Å². The summed E-state index contributed by atoms with van der Waals surface area (Å²) < 4.78 is 0. The van der Waals surface area contributed by atoms with Crippen LogP contribution in [0.3, 0.4) is 0 Å². The van der Waals surface area contributed by atoms with Gasteiger partial charge in [0.2, 0.25) is 0 Å². The van der Waals surface area contributed by atoms with Gasteiger partial charge in [0.25, 0.3) is 0 Å². The van der Waals surface area contributed by atoms with Gasteiger partial charge in [0.15, 0.2) is 0 Å². The fourth-order valence-electron chi connectivity index (χ4n) is 0.374. The third-order valence-corrected chi connectivity index (χ3v) is 0.692. The van der Waals surface area contributed by atoms with Crippen molar-refractivity contribution in [2.75, 3.05) is 6.61 Å². The Balaban J connectivity index is 0.000000236. The number of hydrogen-bond donors (Lipinski definition) is 1. The van der Waals surface area contributed by atoms with E-state index in [1.807, 2.05) is 6.92 Å². The molecule has 0 saturated heterocycles. The van der Waals surface area contributed by atoms with Crippen molar-refractivity contribution in [3.05, 3.63) is 24.3 Å². The molecule has 0 aliphatic carbocycles. The molecule has 0 spiro atoms. The lowest BCUT2D eigenvalue weighted by molar-refractivity contribution is 0.318. The summed E-state index contributed by atoms with van der Waals surface area (Å²) in [5.41, 5.74) is 0.961. The lowest BCUT2D eigenvalue weighted by atomic mass is 10.5. The van der Waals surface area contributed by atoms with Crippen molar-refractivity contribution in [1.82, 2.24) is 9.97 Å². The molecule has 0 radical (unpaired) electrons. The molecule has 0 atom stereocenters. The van der Waals surface area contributed by atoms with Crippen LogP contribution in [0.5, 0.6) is 0 Å². The first kappa shape index (κ1) is 9.04. The molecule has 0 aliphatic rings. The molecule has 0 saturated carbocycles. The molecule has 1 aromatic heterocycles. The number of aliphatic hydroxyl groups is 1. The number of rotatable bonds is 0. The Morgan fingerprint density at radius 1 is 1.50 bits per heavy atom. The molecule has 1 aromatic rings. The van der Waals surface area contributed by atoms with E-state index in [9.17, 15) is 0 Å². The molecule has 1 heterocycles. The second-order valence-electron chi connectivity index (χ2n) is 1.66. The van der Waals surface area contributed by atoms with Gasteiger partial charge in [-0.3, -0.25) is 9.97 Å². The molecular formula is C7H12N2O. The van der Waals surface area contributed by atoms with E-state index in [-0.39, 0.29) is 6.61 Å². The van der Waals surface area contributed by atoms with E-state index in [2.05, 4.69) is 9.97 Å². The molecule has 10 heavy (non-hydrogen) atoms. The Morgan fingerprint density at radius 2 is 2.10 bits per heavy atom. The van der Waals surface area contributed by atoms with Gasteiger partial charge in [-0.05, 0) is 13.8 Å². The van der Waals surface area contributed by atoms with Crippen LogP contribution < -0.4 is 0 Å². The second-order valence-corrected chi connectivity index (χ2v) is 1.66. The van der Waals surface area contributed by atoms with Crippen LogP contribution in [-0.2, 0) is 0 Å². The minimum atomic E-state index is 0.250. The summed E-state index contributed by atoms with van der Waals surface area (Å²) in [6.45, 7) is 3.84. The average Bonchev–Trinajstić information content (AvgIpc) is 1.91. The fourth-order valence-corrected chi connectivity index (χ4v) is 0.374. The molecule has 0 amide bonds. The summed E-state index contributed by atoms with van der Waals surface area (Å²) in [6, 6.07) is 0. The third-order valence-electron chi connectivity index (χ3n) is 0.692. The monoisotopic (exact) mass is 140 g/mol. The Labute approximate surface area is 60.8 Å².